The molecule has 0 amide bonds. The van der Waals surface area contributed by atoms with Gasteiger partial charge in [0.15, 0.2) is 0 Å². The Morgan fingerprint density at radius 1 is 0.840 bits per heavy atom. The summed E-state index contributed by atoms with van der Waals surface area (Å²) in [6, 6.07) is 11.3. The van der Waals surface area contributed by atoms with Crippen molar-refractivity contribution in [3.63, 3.8) is 0 Å². The van der Waals surface area contributed by atoms with Crippen molar-refractivity contribution in [2.75, 3.05) is 36.0 Å². The average Bonchev–Trinajstić information content (AvgIpc) is 2.62. The molecule has 3 rings (SSSR count). The molecule has 0 atom stereocenters. The summed E-state index contributed by atoms with van der Waals surface area (Å²) in [5, 5.41) is 22.8. The topological polar surface area (TPSA) is 92.8 Å². The first-order chi connectivity index (χ1) is 12.0. The zero-order valence-electron chi connectivity index (χ0n) is 13.2. The third-order valence-electron chi connectivity index (χ3n) is 4.18. The average molecular weight is 363 g/mol. The fourth-order valence-corrected chi connectivity index (χ4v) is 3.02. The Morgan fingerprint density at radius 2 is 1.44 bits per heavy atom. The van der Waals surface area contributed by atoms with Gasteiger partial charge in [-0.15, -0.1) is 0 Å². The van der Waals surface area contributed by atoms with E-state index in [0.717, 1.165) is 11.8 Å². The van der Waals surface area contributed by atoms with Crippen LogP contribution in [0.25, 0.3) is 0 Å². The summed E-state index contributed by atoms with van der Waals surface area (Å²) in [7, 11) is 0. The van der Waals surface area contributed by atoms with Crippen molar-refractivity contribution in [1.82, 2.24) is 0 Å². The number of benzene rings is 2. The molecule has 0 aliphatic carbocycles. The van der Waals surface area contributed by atoms with Gasteiger partial charge in [0.1, 0.15) is 5.69 Å². The molecule has 0 unspecified atom stereocenters. The first-order valence-electron chi connectivity index (χ1n) is 7.64. The van der Waals surface area contributed by atoms with E-state index in [-0.39, 0.29) is 11.4 Å². The molecule has 1 heterocycles. The first kappa shape index (κ1) is 17.0. The van der Waals surface area contributed by atoms with Gasteiger partial charge in [-0.05, 0) is 30.3 Å². The van der Waals surface area contributed by atoms with Crippen molar-refractivity contribution >= 4 is 34.4 Å². The number of piperazine rings is 1. The molecule has 0 spiro atoms. The molecule has 0 bridgehead atoms. The lowest BCUT2D eigenvalue weighted by Gasteiger charge is -2.37. The Labute approximate surface area is 148 Å². The minimum absolute atomic E-state index is 0.242. The molecule has 2 aromatic rings. The highest BCUT2D eigenvalue weighted by atomic mass is 35.5. The lowest BCUT2D eigenvalue weighted by Crippen LogP contribution is -2.46. The van der Waals surface area contributed by atoms with Gasteiger partial charge in [0, 0.05) is 43.0 Å². The van der Waals surface area contributed by atoms with Gasteiger partial charge in [0.2, 0.25) is 0 Å². The molecule has 0 N–H and O–H groups in total. The van der Waals surface area contributed by atoms with E-state index in [2.05, 4.69) is 4.90 Å². The number of nitrogens with zero attached hydrogens (tertiary/aromatic N) is 4. The molecule has 8 nitrogen and oxygen atoms in total. The number of rotatable bonds is 4. The molecular formula is C16H15ClN4O4. The third kappa shape index (κ3) is 3.63. The summed E-state index contributed by atoms with van der Waals surface area (Å²) in [6.07, 6.45) is 0. The Bertz CT molecular complexity index is 804. The van der Waals surface area contributed by atoms with Crippen LogP contribution in [0.3, 0.4) is 0 Å². The van der Waals surface area contributed by atoms with Crippen LogP contribution >= 0.6 is 11.6 Å². The SMILES string of the molecule is O=[N+]([O-])c1ccc(N2CCN(c3ccc(Cl)cc3)CC2)c([N+](=O)[O-])c1. The highest BCUT2D eigenvalue weighted by Gasteiger charge is 2.26. The van der Waals surface area contributed by atoms with Gasteiger partial charge >= 0.3 is 0 Å². The van der Waals surface area contributed by atoms with E-state index in [1.54, 1.807) is 0 Å². The van der Waals surface area contributed by atoms with Gasteiger partial charge < -0.3 is 9.80 Å². The Balaban J connectivity index is 1.77. The maximum atomic E-state index is 11.3. The molecule has 0 saturated carbocycles. The summed E-state index contributed by atoms with van der Waals surface area (Å²) in [6.45, 7) is 2.55. The molecule has 1 fully saturated rings. The second kappa shape index (κ2) is 6.94. The van der Waals surface area contributed by atoms with Crippen LogP contribution in [0.2, 0.25) is 5.02 Å². The zero-order valence-corrected chi connectivity index (χ0v) is 13.9. The molecule has 130 valence electrons. The van der Waals surface area contributed by atoms with Crippen molar-refractivity contribution in [3.05, 3.63) is 67.7 Å². The summed E-state index contributed by atoms with van der Waals surface area (Å²) >= 11 is 5.90. The Kier molecular flexibility index (Phi) is 4.71. The van der Waals surface area contributed by atoms with Crippen molar-refractivity contribution in [1.29, 1.82) is 0 Å². The fraction of sp³-hybridized carbons (Fsp3) is 0.250. The first-order valence-corrected chi connectivity index (χ1v) is 8.02. The lowest BCUT2D eigenvalue weighted by molar-refractivity contribution is -0.393. The largest absolute Gasteiger partial charge is 0.368 e. The number of nitro groups is 2. The lowest BCUT2D eigenvalue weighted by atomic mass is 10.2. The van der Waals surface area contributed by atoms with E-state index < -0.39 is 9.85 Å². The van der Waals surface area contributed by atoms with E-state index in [1.807, 2.05) is 29.2 Å². The maximum absolute atomic E-state index is 11.3. The molecule has 9 heteroatoms. The molecule has 1 aliphatic heterocycles. The third-order valence-corrected chi connectivity index (χ3v) is 4.43. The highest BCUT2D eigenvalue weighted by Crippen LogP contribution is 2.33. The van der Waals surface area contributed by atoms with E-state index in [9.17, 15) is 20.2 Å². The van der Waals surface area contributed by atoms with E-state index in [4.69, 9.17) is 11.6 Å². The van der Waals surface area contributed by atoms with Crippen LogP contribution < -0.4 is 9.80 Å². The van der Waals surface area contributed by atoms with Crippen LogP contribution in [0.1, 0.15) is 0 Å². The quantitative estimate of drug-likeness (QED) is 0.610. The van der Waals surface area contributed by atoms with Crippen LogP contribution in [-0.4, -0.2) is 36.0 Å². The monoisotopic (exact) mass is 362 g/mol. The minimum Gasteiger partial charge on any atom is -0.368 e. The number of non-ortho nitro benzene ring substituents is 1. The van der Waals surface area contributed by atoms with E-state index in [1.165, 1.54) is 12.1 Å². The molecule has 25 heavy (non-hydrogen) atoms. The second-order valence-electron chi connectivity index (χ2n) is 5.64. The highest BCUT2D eigenvalue weighted by molar-refractivity contribution is 6.30. The number of hydrogen-bond acceptors (Lipinski definition) is 6. The smallest absolute Gasteiger partial charge is 0.299 e. The van der Waals surface area contributed by atoms with Crippen molar-refractivity contribution in [2.24, 2.45) is 0 Å². The summed E-state index contributed by atoms with van der Waals surface area (Å²) in [5.74, 6) is 0. The van der Waals surface area contributed by atoms with Gasteiger partial charge in [-0.2, -0.15) is 0 Å². The van der Waals surface area contributed by atoms with Gasteiger partial charge in [-0.3, -0.25) is 20.2 Å². The van der Waals surface area contributed by atoms with Crippen molar-refractivity contribution < 1.29 is 9.85 Å². The normalized spacial score (nSPS) is 14.4. The second-order valence-corrected chi connectivity index (χ2v) is 6.07. The predicted molar refractivity (Wildman–Crippen MR) is 95.6 cm³/mol. The standard InChI is InChI=1S/C16H15ClN4O4/c17-12-1-3-13(4-2-12)18-7-9-19(10-8-18)15-6-5-14(20(22)23)11-16(15)21(24)25/h1-6,11H,7-10H2. The number of anilines is 2. The molecule has 2 aromatic carbocycles. The van der Waals surface area contributed by atoms with Crippen LogP contribution in [0, 0.1) is 20.2 Å². The molecule has 0 aromatic heterocycles. The zero-order chi connectivity index (χ0) is 18.0. The number of halogens is 1. The Morgan fingerprint density at radius 3 is 2.00 bits per heavy atom. The molecule has 0 radical (unpaired) electrons. The number of nitro benzene ring substituents is 2. The van der Waals surface area contributed by atoms with E-state index >= 15 is 0 Å². The van der Waals surface area contributed by atoms with Gasteiger partial charge in [-0.1, -0.05) is 11.6 Å². The minimum atomic E-state index is -0.630. The van der Waals surface area contributed by atoms with Crippen LogP contribution in [-0.2, 0) is 0 Å². The maximum Gasteiger partial charge on any atom is 0.299 e. The predicted octanol–water partition coefficient (Wildman–Crippen LogP) is 3.48. The van der Waals surface area contributed by atoms with Crippen LogP contribution in [0.5, 0.6) is 0 Å². The van der Waals surface area contributed by atoms with Gasteiger partial charge in [0.05, 0.1) is 15.9 Å². The summed E-state index contributed by atoms with van der Waals surface area (Å²) < 4.78 is 0. The molecule has 1 aliphatic rings. The summed E-state index contributed by atoms with van der Waals surface area (Å²) in [5.41, 5.74) is 0.929. The number of hydrogen-bond donors (Lipinski definition) is 0. The molecular weight excluding hydrogens is 348 g/mol. The van der Waals surface area contributed by atoms with Crippen molar-refractivity contribution in [2.45, 2.75) is 0 Å². The van der Waals surface area contributed by atoms with Crippen molar-refractivity contribution in [3.8, 4) is 0 Å². The van der Waals surface area contributed by atoms with Crippen LogP contribution in [0.15, 0.2) is 42.5 Å². The Hall–Kier alpha value is -2.87. The van der Waals surface area contributed by atoms with Gasteiger partial charge in [-0.25, -0.2) is 0 Å². The fourth-order valence-electron chi connectivity index (χ4n) is 2.90. The summed E-state index contributed by atoms with van der Waals surface area (Å²) in [4.78, 5) is 25.0. The van der Waals surface area contributed by atoms with Crippen LogP contribution in [0.4, 0.5) is 22.7 Å². The van der Waals surface area contributed by atoms with E-state index in [0.29, 0.717) is 36.9 Å². The molecule has 1 saturated heterocycles. The van der Waals surface area contributed by atoms with Gasteiger partial charge in [0.25, 0.3) is 11.4 Å².